The summed E-state index contributed by atoms with van der Waals surface area (Å²) >= 11 is 0. The predicted octanol–water partition coefficient (Wildman–Crippen LogP) is 1.19. The van der Waals surface area contributed by atoms with Crippen molar-refractivity contribution in [3.63, 3.8) is 0 Å². The number of nitrogens with zero attached hydrogens (tertiary/aromatic N) is 1. The molecule has 0 aliphatic carbocycles. The van der Waals surface area contributed by atoms with Gasteiger partial charge in [0.25, 0.3) is 0 Å². The zero-order valence-electron chi connectivity index (χ0n) is 12.4. The van der Waals surface area contributed by atoms with Crippen molar-refractivity contribution in [2.24, 2.45) is 0 Å². The van der Waals surface area contributed by atoms with Gasteiger partial charge in [0.1, 0.15) is 5.75 Å². The topological polar surface area (TPSA) is 61.8 Å². The quantitative estimate of drug-likeness (QED) is 0.702. The van der Waals surface area contributed by atoms with E-state index in [2.05, 4.69) is 10.2 Å². The minimum atomic E-state index is -0.0433. The van der Waals surface area contributed by atoms with Gasteiger partial charge in [0.15, 0.2) is 0 Å². The Kier molecular flexibility index (Phi) is 7.04. The Morgan fingerprint density at radius 2 is 2.05 bits per heavy atom. The van der Waals surface area contributed by atoms with Crippen LogP contribution in [0, 0.1) is 0 Å². The highest BCUT2D eigenvalue weighted by molar-refractivity contribution is 5.72. The molecule has 1 atom stereocenters. The third-order valence-corrected chi connectivity index (χ3v) is 3.27. The molecule has 1 rings (SSSR count). The van der Waals surface area contributed by atoms with E-state index in [-0.39, 0.29) is 18.6 Å². The number of benzene rings is 1. The van der Waals surface area contributed by atoms with Crippen LogP contribution in [0.2, 0.25) is 0 Å². The van der Waals surface area contributed by atoms with Gasteiger partial charge in [-0.2, -0.15) is 0 Å². The minimum absolute atomic E-state index is 0.0125. The summed E-state index contributed by atoms with van der Waals surface area (Å²) in [6, 6.07) is 7.67. The first kappa shape index (κ1) is 16.5. The van der Waals surface area contributed by atoms with Crippen molar-refractivity contribution in [2.45, 2.75) is 19.4 Å². The fraction of sp³-hybridized carbons (Fsp3) is 0.533. The van der Waals surface area contributed by atoms with Gasteiger partial charge in [0.2, 0.25) is 5.91 Å². The number of hydrogen-bond donors (Lipinski definition) is 2. The van der Waals surface area contributed by atoms with Crippen LogP contribution in [-0.4, -0.2) is 49.8 Å². The monoisotopic (exact) mass is 280 g/mol. The number of amides is 1. The van der Waals surface area contributed by atoms with Crippen molar-refractivity contribution in [2.75, 3.05) is 33.9 Å². The summed E-state index contributed by atoms with van der Waals surface area (Å²) in [6.45, 7) is 3.03. The number of carbonyl (C=O) groups excluding carboxylic acids is 1. The molecule has 1 aromatic rings. The average molecular weight is 280 g/mol. The van der Waals surface area contributed by atoms with Crippen LogP contribution in [-0.2, 0) is 4.79 Å². The molecule has 0 aliphatic rings. The van der Waals surface area contributed by atoms with Crippen molar-refractivity contribution >= 4 is 5.91 Å². The molecule has 1 amide bonds. The Morgan fingerprint density at radius 3 is 2.55 bits per heavy atom. The van der Waals surface area contributed by atoms with Crippen molar-refractivity contribution in [1.29, 1.82) is 0 Å². The van der Waals surface area contributed by atoms with E-state index in [1.54, 1.807) is 7.11 Å². The van der Waals surface area contributed by atoms with Crippen LogP contribution < -0.4 is 10.1 Å². The molecule has 0 aliphatic heterocycles. The smallest absolute Gasteiger partial charge is 0.216 e. The molecule has 0 spiro atoms. The lowest BCUT2D eigenvalue weighted by Gasteiger charge is -2.27. The first-order valence-corrected chi connectivity index (χ1v) is 6.78. The molecule has 1 aromatic carbocycles. The zero-order valence-corrected chi connectivity index (χ0v) is 12.4. The SMILES string of the molecule is COc1ccc(C(CO)N(C)CCCNC(C)=O)cc1. The third kappa shape index (κ3) is 5.19. The van der Waals surface area contributed by atoms with E-state index in [9.17, 15) is 9.90 Å². The van der Waals surface area contributed by atoms with E-state index in [1.165, 1.54) is 6.92 Å². The van der Waals surface area contributed by atoms with Crippen molar-refractivity contribution in [3.8, 4) is 5.75 Å². The van der Waals surface area contributed by atoms with Gasteiger partial charge >= 0.3 is 0 Å². The predicted molar refractivity (Wildman–Crippen MR) is 78.8 cm³/mol. The van der Waals surface area contributed by atoms with Crippen LogP contribution in [0.25, 0.3) is 0 Å². The van der Waals surface area contributed by atoms with E-state index < -0.39 is 0 Å². The lowest BCUT2D eigenvalue weighted by Crippen LogP contribution is -2.31. The number of aliphatic hydroxyl groups is 1. The second-order valence-corrected chi connectivity index (χ2v) is 4.79. The average Bonchev–Trinajstić information content (AvgIpc) is 2.45. The normalized spacial score (nSPS) is 12.2. The van der Waals surface area contributed by atoms with E-state index in [0.29, 0.717) is 6.54 Å². The molecule has 0 saturated carbocycles. The summed E-state index contributed by atoms with van der Waals surface area (Å²) < 4.78 is 5.13. The molecule has 0 bridgehead atoms. The van der Waals surface area contributed by atoms with Crippen LogP contribution in [0.5, 0.6) is 5.75 Å². The fourth-order valence-electron chi connectivity index (χ4n) is 2.07. The Hall–Kier alpha value is -1.59. The molecule has 20 heavy (non-hydrogen) atoms. The second-order valence-electron chi connectivity index (χ2n) is 4.79. The molecule has 0 saturated heterocycles. The molecule has 0 fully saturated rings. The number of methoxy groups -OCH3 is 1. The molecule has 2 N–H and O–H groups in total. The molecular formula is C15H24N2O3. The molecule has 1 unspecified atom stereocenters. The highest BCUT2D eigenvalue weighted by atomic mass is 16.5. The van der Waals surface area contributed by atoms with Crippen molar-refractivity contribution < 1.29 is 14.6 Å². The largest absolute Gasteiger partial charge is 0.497 e. The van der Waals surface area contributed by atoms with E-state index in [0.717, 1.165) is 24.3 Å². The van der Waals surface area contributed by atoms with Gasteiger partial charge in [-0.25, -0.2) is 0 Å². The summed E-state index contributed by atoms with van der Waals surface area (Å²) in [5.74, 6) is 0.792. The zero-order chi connectivity index (χ0) is 15.0. The second kappa shape index (κ2) is 8.55. The molecule has 0 heterocycles. The van der Waals surface area contributed by atoms with Gasteiger partial charge in [-0.3, -0.25) is 9.69 Å². The van der Waals surface area contributed by atoms with Crippen LogP contribution in [0.4, 0.5) is 0 Å². The number of rotatable bonds is 8. The maximum absolute atomic E-state index is 10.8. The maximum atomic E-state index is 10.8. The van der Waals surface area contributed by atoms with Gasteiger partial charge < -0.3 is 15.2 Å². The number of ether oxygens (including phenoxy) is 1. The summed E-state index contributed by atoms with van der Waals surface area (Å²) in [5, 5.41) is 12.3. The Balaban J connectivity index is 2.52. The summed E-state index contributed by atoms with van der Waals surface area (Å²) in [5.41, 5.74) is 1.05. The highest BCUT2D eigenvalue weighted by Crippen LogP contribution is 2.21. The maximum Gasteiger partial charge on any atom is 0.216 e. The molecule has 5 heteroatoms. The Labute approximate surface area is 120 Å². The highest BCUT2D eigenvalue weighted by Gasteiger charge is 2.15. The first-order chi connectivity index (χ1) is 9.58. The van der Waals surface area contributed by atoms with Crippen LogP contribution in [0.15, 0.2) is 24.3 Å². The van der Waals surface area contributed by atoms with Crippen LogP contribution in [0.1, 0.15) is 24.9 Å². The van der Waals surface area contributed by atoms with Gasteiger partial charge in [-0.05, 0) is 31.2 Å². The molecular weight excluding hydrogens is 256 g/mol. The first-order valence-electron chi connectivity index (χ1n) is 6.78. The molecule has 0 aromatic heterocycles. The van der Waals surface area contributed by atoms with E-state index in [1.807, 2.05) is 31.3 Å². The van der Waals surface area contributed by atoms with E-state index >= 15 is 0 Å². The Bertz CT molecular complexity index is 406. The summed E-state index contributed by atoms with van der Waals surface area (Å²) in [7, 11) is 3.60. The van der Waals surface area contributed by atoms with Gasteiger partial charge in [-0.15, -0.1) is 0 Å². The number of aliphatic hydroxyl groups excluding tert-OH is 1. The summed E-state index contributed by atoms with van der Waals surface area (Å²) in [6.07, 6.45) is 0.850. The van der Waals surface area contributed by atoms with Crippen LogP contribution >= 0.6 is 0 Å². The van der Waals surface area contributed by atoms with Gasteiger partial charge in [0, 0.05) is 20.0 Å². The van der Waals surface area contributed by atoms with E-state index in [4.69, 9.17) is 4.74 Å². The standard InChI is InChI=1S/C15H24N2O3/c1-12(19)16-9-4-10-17(2)15(11-18)13-5-7-14(20-3)8-6-13/h5-8,15,18H,4,9-11H2,1-3H3,(H,16,19). The number of hydrogen-bond acceptors (Lipinski definition) is 4. The number of carbonyl (C=O) groups is 1. The van der Waals surface area contributed by atoms with Gasteiger partial charge in [0.05, 0.1) is 19.8 Å². The molecule has 112 valence electrons. The van der Waals surface area contributed by atoms with Crippen LogP contribution in [0.3, 0.4) is 0 Å². The fourth-order valence-corrected chi connectivity index (χ4v) is 2.07. The summed E-state index contributed by atoms with van der Waals surface area (Å²) in [4.78, 5) is 12.9. The molecule has 5 nitrogen and oxygen atoms in total. The molecule has 0 radical (unpaired) electrons. The Morgan fingerprint density at radius 1 is 1.40 bits per heavy atom. The van der Waals surface area contributed by atoms with Gasteiger partial charge in [-0.1, -0.05) is 12.1 Å². The third-order valence-electron chi connectivity index (χ3n) is 3.27. The number of likely N-dealkylation sites (N-methyl/N-ethyl adjacent to an activating group) is 1. The lowest BCUT2D eigenvalue weighted by atomic mass is 10.1. The lowest BCUT2D eigenvalue weighted by molar-refractivity contribution is -0.118. The van der Waals surface area contributed by atoms with Crippen molar-refractivity contribution in [3.05, 3.63) is 29.8 Å². The van der Waals surface area contributed by atoms with Crippen molar-refractivity contribution in [1.82, 2.24) is 10.2 Å². The minimum Gasteiger partial charge on any atom is -0.497 e. The number of nitrogens with one attached hydrogen (secondary N) is 1.